The molecule has 1 atom stereocenters. The first-order chi connectivity index (χ1) is 26.5. The van der Waals surface area contributed by atoms with Crippen LogP contribution in [-0.4, -0.2) is 120 Å². The summed E-state index contributed by atoms with van der Waals surface area (Å²) in [5.41, 5.74) is 3.91. The van der Waals surface area contributed by atoms with Gasteiger partial charge in [0, 0.05) is 26.2 Å². The van der Waals surface area contributed by atoms with Crippen molar-refractivity contribution in [1.82, 2.24) is 14.7 Å². The van der Waals surface area contributed by atoms with Crippen molar-refractivity contribution in [2.45, 2.75) is 111 Å². The van der Waals surface area contributed by atoms with E-state index < -0.39 is 0 Å². The normalized spacial score (nSPS) is 16.2. The highest BCUT2D eigenvalue weighted by Gasteiger charge is 2.14. The van der Waals surface area contributed by atoms with E-state index in [0.717, 1.165) is 154 Å². The molecule has 306 valence electrons. The quantitative estimate of drug-likeness (QED) is 0.0765. The minimum absolute atomic E-state index is 0.559. The molecule has 2 fully saturated rings. The number of aryl methyl sites for hydroxylation is 2. The second-order valence-electron chi connectivity index (χ2n) is 15.9. The molecule has 0 aliphatic carbocycles. The number of unbranched alkanes of at least 4 members (excludes halogenated alkanes) is 5. The van der Waals surface area contributed by atoms with Crippen molar-refractivity contribution >= 4 is 0 Å². The molecule has 8 heteroatoms. The standard InChI is InChI=1S/C46H77N3O5/c1-5-7-8-22-47(21-6-2)23-9-14-32-54-46-38-42(19-20-44(46)52-30-12-10-24-48-26-33-50-34-27-48)17-15-40(3)37-43-18-16-41(4)45(39-43)53-31-13-11-25-49-28-35-51-36-29-49/h16,18-20,38-40H,5-15,17,21-37H2,1-4H3. The lowest BCUT2D eigenvalue weighted by atomic mass is 9.94. The Balaban J connectivity index is 1.23. The zero-order chi connectivity index (χ0) is 38.1. The molecule has 0 N–H and O–H groups in total. The lowest BCUT2D eigenvalue weighted by molar-refractivity contribution is 0.0367. The molecular weight excluding hydrogens is 675 g/mol. The molecule has 0 bridgehead atoms. The molecule has 2 heterocycles. The average molecular weight is 752 g/mol. The lowest BCUT2D eigenvalue weighted by Gasteiger charge is -2.26. The minimum atomic E-state index is 0.559. The molecule has 54 heavy (non-hydrogen) atoms. The van der Waals surface area contributed by atoms with Gasteiger partial charge in [0.05, 0.1) is 46.2 Å². The summed E-state index contributed by atoms with van der Waals surface area (Å²) in [7, 11) is 0. The predicted molar refractivity (Wildman–Crippen MR) is 224 cm³/mol. The van der Waals surface area contributed by atoms with Crippen LogP contribution in [-0.2, 0) is 22.3 Å². The Bertz CT molecular complexity index is 1250. The van der Waals surface area contributed by atoms with Crippen LogP contribution in [0, 0.1) is 12.8 Å². The van der Waals surface area contributed by atoms with Crippen LogP contribution in [0.2, 0.25) is 0 Å². The van der Waals surface area contributed by atoms with Gasteiger partial charge in [-0.05, 0) is 151 Å². The van der Waals surface area contributed by atoms with E-state index in [9.17, 15) is 0 Å². The van der Waals surface area contributed by atoms with Crippen LogP contribution in [0.25, 0.3) is 0 Å². The molecule has 2 aromatic carbocycles. The van der Waals surface area contributed by atoms with Crippen LogP contribution in [0.15, 0.2) is 36.4 Å². The SMILES string of the molecule is CCCCCN(CCC)CCCCOc1cc(CCC(C)Cc2ccc(C)c(OCCCCN3CCOCC3)c2)ccc1OCCCCN1CCOCC1. The summed E-state index contributed by atoms with van der Waals surface area (Å²) < 4.78 is 30.1. The van der Waals surface area contributed by atoms with Gasteiger partial charge in [-0.2, -0.15) is 0 Å². The van der Waals surface area contributed by atoms with Gasteiger partial charge in [-0.15, -0.1) is 0 Å². The maximum absolute atomic E-state index is 6.49. The number of nitrogens with zero attached hydrogens (tertiary/aromatic N) is 3. The number of ether oxygens (including phenoxy) is 5. The molecule has 0 amide bonds. The van der Waals surface area contributed by atoms with Crippen LogP contribution in [0.3, 0.4) is 0 Å². The van der Waals surface area contributed by atoms with E-state index in [1.54, 1.807) is 0 Å². The lowest BCUT2D eigenvalue weighted by Crippen LogP contribution is -2.36. The Morgan fingerprint density at radius 3 is 1.80 bits per heavy atom. The average Bonchev–Trinajstić information content (AvgIpc) is 3.19. The van der Waals surface area contributed by atoms with Gasteiger partial charge < -0.3 is 28.6 Å². The first-order valence-electron chi connectivity index (χ1n) is 22.0. The number of hydrogen-bond acceptors (Lipinski definition) is 8. The Hall–Kier alpha value is -2.36. The first-order valence-corrected chi connectivity index (χ1v) is 22.0. The predicted octanol–water partition coefficient (Wildman–Crippen LogP) is 8.85. The highest BCUT2D eigenvalue weighted by Crippen LogP contribution is 2.31. The highest BCUT2D eigenvalue weighted by molar-refractivity contribution is 5.43. The summed E-state index contributed by atoms with van der Waals surface area (Å²) in [6.45, 7) is 24.8. The zero-order valence-electron chi connectivity index (χ0n) is 34.9. The second-order valence-corrected chi connectivity index (χ2v) is 15.9. The molecule has 0 aromatic heterocycles. The van der Waals surface area contributed by atoms with E-state index >= 15 is 0 Å². The monoisotopic (exact) mass is 752 g/mol. The van der Waals surface area contributed by atoms with Crippen molar-refractivity contribution in [3.63, 3.8) is 0 Å². The third-order valence-corrected chi connectivity index (χ3v) is 11.0. The maximum Gasteiger partial charge on any atom is 0.161 e. The van der Waals surface area contributed by atoms with Gasteiger partial charge in [-0.1, -0.05) is 51.8 Å². The molecule has 2 aliphatic heterocycles. The van der Waals surface area contributed by atoms with E-state index in [4.69, 9.17) is 23.7 Å². The largest absolute Gasteiger partial charge is 0.493 e. The molecule has 0 radical (unpaired) electrons. The Kier molecular flexibility index (Phi) is 22.4. The molecule has 2 aliphatic rings. The number of morpholine rings is 2. The van der Waals surface area contributed by atoms with Gasteiger partial charge in [0.25, 0.3) is 0 Å². The van der Waals surface area contributed by atoms with E-state index in [1.165, 1.54) is 68.3 Å². The van der Waals surface area contributed by atoms with Crippen LogP contribution in [0.1, 0.15) is 108 Å². The van der Waals surface area contributed by atoms with Gasteiger partial charge in [-0.3, -0.25) is 9.80 Å². The summed E-state index contributed by atoms with van der Waals surface area (Å²) in [6.07, 6.45) is 15.0. The van der Waals surface area contributed by atoms with Gasteiger partial charge in [0.1, 0.15) is 5.75 Å². The zero-order valence-corrected chi connectivity index (χ0v) is 34.9. The second kappa shape index (κ2) is 27.3. The maximum atomic E-state index is 6.49. The fourth-order valence-electron chi connectivity index (χ4n) is 7.53. The number of rotatable bonds is 29. The third-order valence-electron chi connectivity index (χ3n) is 11.0. The Morgan fingerprint density at radius 1 is 0.611 bits per heavy atom. The molecule has 1 unspecified atom stereocenters. The highest BCUT2D eigenvalue weighted by atomic mass is 16.5. The van der Waals surface area contributed by atoms with Crippen molar-refractivity contribution in [3.05, 3.63) is 53.1 Å². The van der Waals surface area contributed by atoms with Gasteiger partial charge >= 0.3 is 0 Å². The fourth-order valence-corrected chi connectivity index (χ4v) is 7.53. The molecular formula is C46H77N3O5. The van der Waals surface area contributed by atoms with Crippen molar-refractivity contribution in [2.24, 2.45) is 5.92 Å². The summed E-state index contributed by atoms with van der Waals surface area (Å²) in [5.74, 6) is 3.40. The fraction of sp³-hybridized carbons (Fsp3) is 0.739. The van der Waals surface area contributed by atoms with Crippen molar-refractivity contribution in [3.8, 4) is 17.2 Å². The Labute approximate surface area is 330 Å². The van der Waals surface area contributed by atoms with Crippen molar-refractivity contribution in [1.29, 1.82) is 0 Å². The molecule has 0 spiro atoms. The van der Waals surface area contributed by atoms with Crippen LogP contribution in [0.5, 0.6) is 17.2 Å². The first kappa shape index (κ1) is 44.4. The van der Waals surface area contributed by atoms with Crippen LogP contribution in [0.4, 0.5) is 0 Å². The van der Waals surface area contributed by atoms with E-state index in [2.05, 4.69) is 78.8 Å². The van der Waals surface area contributed by atoms with E-state index in [1.807, 2.05) is 0 Å². The van der Waals surface area contributed by atoms with E-state index in [-0.39, 0.29) is 0 Å². The van der Waals surface area contributed by atoms with Gasteiger partial charge in [0.2, 0.25) is 0 Å². The molecule has 8 nitrogen and oxygen atoms in total. The molecule has 4 rings (SSSR count). The molecule has 2 aromatic rings. The van der Waals surface area contributed by atoms with Gasteiger partial charge in [0.15, 0.2) is 11.5 Å². The minimum Gasteiger partial charge on any atom is -0.493 e. The number of hydrogen-bond donors (Lipinski definition) is 0. The van der Waals surface area contributed by atoms with Gasteiger partial charge in [-0.25, -0.2) is 0 Å². The molecule has 0 saturated carbocycles. The molecule has 2 saturated heterocycles. The Morgan fingerprint density at radius 2 is 1.17 bits per heavy atom. The van der Waals surface area contributed by atoms with Crippen LogP contribution < -0.4 is 14.2 Å². The summed E-state index contributed by atoms with van der Waals surface area (Å²) in [4.78, 5) is 7.64. The smallest absolute Gasteiger partial charge is 0.161 e. The van der Waals surface area contributed by atoms with Crippen LogP contribution >= 0.6 is 0 Å². The number of benzene rings is 2. The topological polar surface area (TPSA) is 55.9 Å². The summed E-state index contributed by atoms with van der Waals surface area (Å²) in [5, 5.41) is 0. The van der Waals surface area contributed by atoms with Crippen molar-refractivity contribution < 1.29 is 23.7 Å². The summed E-state index contributed by atoms with van der Waals surface area (Å²) in [6, 6.07) is 13.4. The van der Waals surface area contributed by atoms with E-state index in [0.29, 0.717) is 5.92 Å². The third kappa shape index (κ3) is 18.1. The summed E-state index contributed by atoms with van der Waals surface area (Å²) >= 11 is 0. The van der Waals surface area contributed by atoms with Crippen molar-refractivity contribution in [2.75, 3.05) is 105 Å².